The molecule has 1 heterocycles. The van der Waals surface area contributed by atoms with E-state index in [0.29, 0.717) is 34.1 Å². The summed E-state index contributed by atoms with van der Waals surface area (Å²) in [5.41, 5.74) is 2.26. The molecule has 0 aliphatic carbocycles. The molecule has 0 fully saturated rings. The minimum absolute atomic E-state index is 0.0441. The lowest BCUT2D eigenvalue weighted by molar-refractivity contribution is -0.141. The predicted molar refractivity (Wildman–Crippen MR) is 177 cm³/mol. The van der Waals surface area contributed by atoms with Gasteiger partial charge in [0.05, 0.1) is 20.6 Å². The maximum absolute atomic E-state index is 14.0. The number of hydrogen-bond donors (Lipinski definition) is 1. The molecular formula is C34H35Cl2N3O4S. The Balaban J connectivity index is 1.40. The molecule has 0 saturated carbocycles. The molecule has 10 heteroatoms. The minimum atomic E-state index is -3.74. The molecule has 44 heavy (non-hydrogen) atoms. The van der Waals surface area contributed by atoms with Gasteiger partial charge in [0.1, 0.15) is 6.04 Å². The summed E-state index contributed by atoms with van der Waals surface area (Å²) in [7, 11) is -3.74. The molecule has 1 atom stereocenters. The van der Waals surface area contributed by atoms with Crippen molar-refractivity contribution < 1.29 is 18.0 Å². The largest absolute Gasteiger partial charge is 0.354 e. The lowest BCUT2D eigenvalue weighted by atomic mass is 10.0. The van der Waals surface area contributed by atoms with Gasteiger partial charge in [0, 0.05) is 37.9 Å². The second-order valence-electron chi connectivity index (χ2n) is 11.4. The van der Waals surface area contributed by atoms with E-state index < -0.39 is 16.1 Å². The first-order chi connectivity index (χ1) is 21.1. The second-order valence-corrected chi connectivity index (χ2v) is 14.1. The number of nitrogens with one attached hydrogen (secondary N) is 1. The predicted octanol–water partition coefficient (Wildman–Crippen LogP) is 6.85. The SMILES string of the molecule is CC(C)CNC(=O)C(Cc1ccccc1)N(Cc1ccc(Cl)c(Cl)c1)C(=O)CCCN1c2cccc3cccc(c23)S1(=O)=O. The summed E-state index contributed by atoms with van der Waals surface area (Å²) in [4.78, 5) is 29.6. The Morgan fingerprint density at radius 1 is 0.886 bits per heavy atom. The van der Waals surface area contributed by atoms with E-state index in [9.17, 15) is 18.0 Å². The van der Waals surface area contributed by atoms with Crippen molar-refractivity contribution in [3.8, 4) is 0 Å². The quantitative estimate of drug-likeness (QED) is 0.182. The van der Waals surface area contributed by atoms with E-state index >= 15 is 0 Å². The van der Waals surface area contributed by atoms with Crippen molar-refractivity contribution in [1.29, 1.82) is 0 Å². The van der Waals surface area contributed by atoms with Crippen LogP contribution in [0.3, 0.4) is 0 Å². The molecule has 0 aromatic heterocycles. The van der Waals surface area contributed by atoms with Crippen molar-refractivity contribution in [2.75, 3.05) is 17.4 Å². The molecule has 5 rings (SSSR count). The Hall–Kier alpha value is -3.59. The number of carbonyl (C=O) groups is 2. The highest BCUT2D eigenvalue weighted by Gasteiger charge is 2.36. The number of carbonyl (C=O) groups excluding carboxylic acids is 2. The number of rotatable bonds is 12. The first kappa shape index (κ1) is 31.8. The first-order valence-corrected chi connectivity index (χ1v) is 16.9. The Labute approximate surface area is 268 Å². The number of nitrogens with zero attached hydrogens (tertiary/aromatic N) is 2. The van der Waals surface area contributed by atoms with E-state index in [-0.39, 0.29) is 48.6 Å². The van der Waals surface area contributed by atoms with Crippen LogP contribution in [0.2, 0.25) is 10.0 Å². The van der Waals surface area contributed by atoms with Crippen LogP contribution in [0.5, 0.6) is 0 Å². The molecule has 4 aromatic rings. The van der Waals surface area contributed by atoms with Crippen LogP contribution < -0.4 is 9.62 Å². The van der Waals surface area contributed by atoms with Gasteiger partial charge in [-0.25, -0.2) is 8.42 Å². The van der Waals surface area contributed by atoms with E-state index in [4.69, 9.17) is 23.2 Å². The Morgan fingerprint density at radius 3 is 2.32 bits per heavy atom. The Kier molecular flexibility index (Phi) is 9.83. The summed E-state index contributed by atoms with van der Waals surface area (Å²) in [5.74, 6) is -0.282. The summed E-state index contributed by atoms with van der Waals surface area (Å²) < 4.78 is 28.3. The minimum Gasteiger partial charge on any atom is -0.354 e. The molecule has 1 N–H and O–H groups in total. The van der Waals surface area contributed by atoms with Gasteiger partial charge >= 0.3 is 0 Å². The molecule has 7 nitrogen and oxygen atoms in total. The van der Waals surface area contributed by atoms with E-state index in [0.717, 1.165) is 16.5 Å². The summed E-state index contributed by atoms with van der Waals surface area (Å²) >= 11 is 12.5. The van der Waals surface area contributed by atoms with Crippen LogP contribution in [-0.4, -0.2) is 44.3 Å². The molecule has 4 aromatic carbocycles. The first-order valence-electron chi connectivity index (χ1n) is 14.7. The third kappa shape index (κ3) is 6.88. The van der Waals surface area contributed by atoms with Crippen LogP contribution >= 0.6 is 23.2 Å². The normalized spacial score (nSPS) is 14.2. The van der Waals surface area contributed by atoms with E-state index in [1.54, 1.807) is 41.3 Å². The Morgan fingerprint density at radius 2 is 1.61 bits per heavy atom. The second kappa shape index (κ2) is 13.6. The van der Waals surface area contributed by atoms with Crippen LogP contribution in [0, 0.1) is 5.92 Å². The topological polar surface area (TPSA) is 86.8 Å². The van der Waals surface area contributed by atoms with Crippen LogP contribution in [-0.2, 0) is 32.6 Å². The number of benzene rings is 4. The molecule has 1 aliphatic heterocycles. The van der Waals surface area contributed by atoms with Crippen molar-refractivity contribution in [1.82, 2.24) is 10.2 Å². The summed E-state index contributed by atoms with van der Waals surface area (Å²) in [6.45, 7) is 4.75. The van der Waals surface area contributed by atoms with Gasteiger partial charge in [-0.1, -0.05) is 97.7 Å². The average molecular weight is 653 g/mol. The van der Waals surface area contributed by atoms with Gasteiger partial charge < -0.3 is 10.2 Å². The molecule has 1 aliphatic rings. The van der Waals surface area contributed by atoms with Crippen LogP contribution in [0.4, 0.5) is 5.69 Å². The van der Waals surface area contributed by atoms with Crippen molar-refractivity contribution in [3.05, 3.63) is 106 Å². The third-order valence-electron chi connectivity index (χ3n) is 7.73. The van der Waals surface area contributed by atoms with Crippen molar-refractivity contribution in [2.45, 2.75) is 50.6 Å². The highest BCUT2D eigenvalue weighted by atomic mass is 35.5. The highest BCUT2D eigenvalue weighted by Crippen LogP contribution is 2.42. The zero-order chi connectivity index (χ0) is 31.4. The maximum Gasteiger partial charge on any atom is 0.265 e. The van der Waals surface area contributed by atoms with Gasteiger partial charge in [-0.3, -0.25) is 13.9 Å². The average Bonchev–Trinajstić information content (AvgIpc) is 3.23. The Bertz CT molecular complexity index is 1780. The van der Waals surface area contributed by atoms with Crippen molar-refractivity contribution >= 4 is 61.5 Å². The zero-order valence-electron chi connectivity index (χ0n) is 24.7. The summed E-state index contributed by atoms with van der Waals surface area (Å²) in [5, 5.41) is 5.31. The fraction of sp³-hybridized carbons (Fsp3) is 0.294. The number of halogens is 2. The van der Waals surface area contributed by atoms with Gasteiger partial charge in [0.2, 0.25) is 11.8 Å². The molecule has 230 valence electrons. The summed E-state index contributed by atoms with van der Waals surface area (Å²) in [6.07, 6.45) is 0.629. The monoisotopic (exact) mass is 651 g/mol. The molecule has 0 spiro atoms. The number of sulfonamides is 1. The number of anilines is 1. The smallest absolute Gasteiger partial charge is 0.265 e. The van der Waals surface area contributed by atoms with Gasteiger partial charge in [-0.05, 0) is 53.1 Å². The molecule has 0 radical (unpaired) electrons. The van der Waals surface area contributed by atoms with E-state index in [1.165, 1.54) is 4.31 Å². The fourth-order valence-corrected chi connectivity index (χ4v) is 7.60. The molecule has 1 unspecified atom stereocenters. The van der Waals surface area contributed by atoms with Gasteiger partial charge in [-0.2, -0.15) is 0 Å². The van der Waals surface area contributed by atoms with Crippen molar-refractivity contribution in [3.63, 3.8) is 0 Å². The zero-order valence-corrected chi connectivity index (χ0v) is 27.0. The van der Waals surface area contributed by atoms with Gasteiger partial charge in [0.15, 0.2) is 0 Å². The molecular weight excluding hydrogens is 617 g/mol. The third-order valence-corrected chi connectivity index (χ3v) is 10.3. The fourth-order valence-electron chi connectivity index (χ4n) is 5.53. The lowest BCUT2D eigenvalue weighted by Crippen LogP contribution is -2.51. The van der Waals surface area contributed by atoms with E-state index in [1.807, 2.05) is 62.4 Å². The molecule has 0 bridgehead atoms. The number of hydrogen-bond acceptors (Lipinski definition) is 4. The standard InChI is InChI=1S/C34H35Cl2N3O4S/c1-23(2)21-37-34(41)30(20-24-9-4-3-5-10-24)38(22-25-16-17-27(35)28(36)19-25)32(40)15-8-18-39-29-13-6-11-26-12-7-14-31(33(26)29)44(39,42)43/h3-7,9-14,16-17,19,23,30H,8,15,18,20-22H2,1-2H3,(H,37,41). The van der Waals surface area contributed by atoms with Crippen LogP contribution in [0.25, 0.3) is 10.8 Å². The summed E-state index contributed by atoms with van der Waals surface area (Å²) in [6, 6.07) is 24.7. The molecule has 2 amide bonds. The van der Waals surface area contributed by atoms with Crippen LogP contribution in [0.1, 0.15) is 37.8 Å². The number of amides is 2. The molecule has 0 saturated heterocycles. The highest BCUT2D eigenvalue weighted by molar-refractivity contribution is 7.93. The maximum atomic E-state index is 14.0. The van der Waals surface area contributed by atoms with Crippen LogP contribution in [0.15, 0.2) is 89.8 Å². The van der Waals surface area contributed by atoms with Gasteiger partial charge in [-0.15, -0.1) is 0 Å². The van der Waals surface area contributed by atoms with Gasteiger partial charge in [0.25, 0.3) is 10.0 Å². The van der Waals surface area contributed by atoms with Crippen molar-refractivity contribution in [2.24, 2.45) is 5.92 Å². The van der Waals surface area contributed by atoms with E-state index in [2.05, 4.69) is 5.32 Å². The lowest BCUT2D eigenvalue weighted by Gasteiger charge is -2.32.